The number of rotatable bonds is 59. The summed E-state index contributed by atoms with van der Waals surface area (Å²) in [6.07, 6.45) is 64.6. The minimum atomic E-state index is -1.56. The van der Waals surface area contributed by atoms with Crippen molar-refractivity contribution in [1.82, 2.24) is 5.32 Å². The van der Waals surface area contributed by atoms with Gasteiger partial charge in [0.2, 0.25) is 5.91 Å². The van der Waals surface area contributed by atoms with Crippen molar-refractivity contribution < 1.29 is 39.8 Å². The molecule has 9 nitrogen and oxygen atoms in total. The van der Waals surface area contributed by atoms with Gasteiger partial charge in [0.1, 0.15) is 24.4 Å². The van der Waals surface area contributed by atoms with Crippen molar-refractivity contribution in [3.8, 4) is 0 Å². The van der Waals surface area contributed by atoms with Crippen LogP contribution in [0.5, 0.6) is 0 Å². The predicted octanol–water partition coefficient (Wildman–Crippen LogP) is 17.5. The van der Waals surface area contributed by atoms with E-state index in [2.05, 4.69) is 19.2 Å². The van der Waals surface area contributed by atoms with Crippen LogP contribution < -0.4 is 5.32 Å². The highest BCUT2D eigenvalue weighted by molar-refractivity contribution is 5.76. The van der Waals surface area contributed by atoms with Crippen LogP contribution >= 0.6 is 0 Å². The van der Waals surface area contributed by atoms with E-state index in [0.29, 0.717) is 6.42 Å². The predicted molar refractivity (Wildman–Crippen MR) is 318 cm³/mol. The molecule has 0 saturated carbocycles. The average molecular weight is 1060 g/mol. The number of aliphatic hydroxyl groups excluding tert-OH is 5. The number of hydrogen-bond donors (Lipinski definition) is 6. The van der Waals surface area contributed by atoms with E-state index in [9.17, 15) is 30.3 Å². The van der Waals surface area contributed by atoms with Crippen LogP contribution in [0.25, 0.3) is 0 Å². The number of carbonyl (C=O) groups excluding carboxylic acids is 1. The van der Waals surface area contributed by atoms with Gasteiger partial charge in [-0.05, 0) is 19.3 Å². The highest BCUT2D eigenvalue weighted by Gasteiger charge is 2.44. The summed E-state index contributed by atoms with van der Waals surface area (Å²) in [6, 6.07) is -0.801. The van der Waals surface area contributed by atoms with Crippen LogP contribution in [0.1, 0.15) is 348 Å². The van der Waals surface area contributed by atoms with Crippen molar-refractivity contribution in [3.05, 3.63) is 12.2 Å². The molecule has 446 valence electrons. The lowest BCUT2D eigenvalue weighted by molar-refractivity contribution is -0.302. The van der Waals surface area contributed by atoms with E-state index in [-0.39, 0.29) is 12.5 Å². The number of nitrogens with one attached hydrogen (secondary N) is 1. The smallest absolute Gasteiger partial charge is 0.220 e. The molecule has 0 spiro atoms. The molecule has 6 N–H and O–H groups in total. The quantitative estimate of drug-likeness (QED) is 0.0261. The first-order valence-corrected chi connectivity index (χ1v) is 33.4. The Morgan fingerprint density at radius 2 is 0.733 bits per heavy atom. The zero-order valence-corrected chi connectivity index (χ0v) is 49.8. The first kappa shape index (κ1) is 71.9. The Bertz CT molecular complexity index is 1190. The highest BCUT2D eigenvalue weighted by Crippen LogP contribution is 2.23. The Morgan fingerprint density at radius 1 is 0.440 bits per heavy atom. The van der Waals surface area contributed by atoms with Gasteiger partial charge in [-0.15, -0.1) is 0 Å². The van der Waals surface area contributed by atoms with Crippen LogP contribution in [-0.2, 0) is 14.3 Å². The van der Waals surface area contributed by atoms with Crippen molar-refractivity contribution in [2.45, 2.75) is 391 Å². The van der Waals surface area contributed by atoms with Gasteiger partial charge in [0, 0.05) is 6.42 Å². The Hall–Kier alpha value is -1.07. The molecule has 0 aromatic rings. The van der Waals surface area contributed by atoms with E-state index in [1.807, 2.05) is 6.08 Å². The first-order chi connectivity index (χ1) is 36.8. The summed E-state index contributed by atoms with van der Waals surface area (Å²) in [5.74, 6) is -0.168. The van der Waals surface area contributed by atoms with E-state index < -0.39 is 49.5 Å². The molecule has 1 saturated heterocycles. The van der Waals surface area contributed by atoms with Crippen LogP contribution in [0, 0.1) is 0 Å². The van der Waals surface area contributed by atoms with Gasteiger partial charge in [-0.1, -0.05) is 334 Å². The number of hydrogen-bond acceptors (Lipinski definition) is 8. The number of ether oxygens (including phenoxy) is 2. The lowest BCUT2D eigenvalue weighted by atomic mass is 9.99. The van der Waals surface area contributed by atoms with Crippen LogP contribution in [-0.4, -0.2) is 87.5 Å². The van der Waals surface area contributed by atoms with Crippen molar-refractivity contribution >= 4 is 5.91 Å². The van der Waals surface area contributed by atoms with E-state index in [4.69, 9.17) is 9.47 Å². The average Bonchev–Trinajstić information content (AvgIpc) is 3.41. The molecule has 7 atom stereocenters. The normalized spacial score (nSPS) is 18.8. The molecule has 0 bridgehead atoms. The maximum atomic E-state index is 13.1. The zero-order valence-electron chi connectivity index (χ0n) is 49.8. The van der Waals surface area contributed by atoms with Gasteiger partial charge in [-0.2, -0.15) is 0 Å². The van der Waals surface area contributed by atoms with E-state index in [1.54, 1.807) is 6.08 Å². The lowest BCUT2D eigenvalue weighted by Crippen LogP contribution is -2.60. The Kier molecular flexibility index (Phi) is 53.9. The Balaban J connectivity index is 2.12. The van der Waals surface area contributed by atoms with Crippen LogP contribution in [0.4, 0.5) is 0 Å². The monoisotopic (exact) mass is 1060 g/mol. The third-order valence-corrected chi connectivity index (χ3v) is 16.4. The molecule has 0 radical (unpaired) electrons. The largest absolute Gasteiger partial charge is 0.394 e. The van der Waals surface area contributed by atoms with Crippen LogP contribution in [0.2, 0.25) is 0 Å². The van der Waals surface area contributed by atoms with E-state index in [1.165, 1.54) is 289 Å². The van der Waals surface area contributed by atoms with Gasteiger partial charge < -0.3 is 40.3 Å². The molecule has 7 unspecified atom stereocenters. The number of unbranched alkanes of at least 4 members (excludes halogenated alkanes) is 49. The fourth-order valence-electron chi connectivity index (χ4n) is 11.1. The molecular formula is C66H129NO8. The molecule has 0 aliphatic carbocycles. The second-order valence-electron chi connectivity index (χ2n) is 23.6. The molecule has 0 aromatic carbocycles. The standard InChI is InChI=1S/C66H129NO8/c1-3-5-7-9-11-13-15-17-19-21-23-25-26-27-28-29-30-31-32-33-34-35-36-37-39-41-43-45-47-49-51-53-55-60(69)59(58-74-66-65(73)64(72)63(71)61(57-68)75-66)67-62(70)56-54-52-50-48-46-44-42-40-38-24-22-20-18-16-14-12-10-8-6-4-2/h53,55,59-61,63-66,68-69,71-73H,3-52,54,56-58H2,1-2H3,(H,67,70)/b55-53+. The van der Waals surface area contributed by atoms with Gasteiger partial charge >= 0.3 is 0 Å². The summed E-state index contributed by atoms with van der Waals surface area (Å²) in [7, 11) is 0. The van der Waals surface area contributed by atoms with Gasteiger partial charge in [-0.3, -0.25) is 4.79 Å². The highest BCUT2D eigenvalue weighted by atomic mass is 16.7. The summed E-state index contributed by atoms with van der Waals surface area (Å²) < 4.78 is 11.3. The topological polar surface area (TPSA) is 149 Å². The maximum Gasteiger partial charge on any atom is 0.220 e. The van der Waals surface area contributed by atoms with Crippen LogP contribution in [0.3, 0.4) is 0 Å². The molecule has 1 heterocycles. The van der Waals surface area contributed by atoms with Crippen molar-refractivity contribution in [3.63, 3.8) is 0 Å². The third-order valence-electron chi connectivity index (χ3n) is 16.4. The van der Waals surface area contributed by atoms with Gasteiger partial charge in [0.05, 0.1) is 25.4 Å². The van der Waals surface area contributed by atoms with Gasteiger partial charge in [-0.25, -0.2) is 0 Å². The third kappa shape index (κ3) is 45.4. The second-order valence-corrected chi connectivity index (χ2v) is 23.6. The zero-order chi connectivity index (χ0) is 54.3. The van der Waals surface area contributed by atoms with Crippen molar-refractivity contribution in [2.75, 3.05) is 13.2 Å². The molecule has 1 aliphatic heterocycles. The van der Waals surface area contributed by atoms with E-state index in [0.717, 1.165) is 38.5 Å². The fourth-order valence-corrected chi connectivity index (χ4v) is 11.1. The summed E-state index contributed by atoms with van der Waals surface area (Å²) >= 11 is 0. The van der Waals surface area contributed by atoms with Crippen molar-refractivity contribution in [1.29, 1.82) is 0 Å². The van der Waals surface area contributed by atoms with Crippen LogP contribution in [0.15, 0.2) is 12.2 Å². The summed E-state index contributed by atoms with van der Waals surface area (Å²) in [5.41, 5.74) is 0. The molecule has 75 heavy (non-hydrogen) atoms. The number of amides is 1. The molecule has 1 rings (SSSR count). The van der Waals surface area contributed by atoms with Crippen molar-refractivity contribution in [2.24, 2.45) is 0 Å². The molecule has 1 amide bonds. The second kappa shape index (κ2) is 56.2. The lowest BCUT2D eigenvalue weighted by Gasteiger charge is -2.40. The van der Waals surface area contributed by atoms with Gasteiger partial charge in [0.25, 0.3) is 0 Å². The molecule has 9 heteroatoms. The Labute approximate surface area is 465 Å². The minimum absolute atomic E-state index is 0.168. The molecule has 0 aromatic heterocycles. The maximum absolute atomic E-state index is 13.1. The fraction of sp³-hybridized carbons (Fsp3) is 0.955. The summed E-state index contributed by atoms with van der Waals surface area (Å²) in [5, 5.41) is 54.7. The van der Waals surface area contributed by atoms with E-state index >= 15 is 0 Å². The first-order valence-electron chi connectivity index (χ1n) is 33.4. The molecular weight excluding hydrogens is 935 g/mol. The summed E-state index contributed by atoms with van der Waals surface area (Å²) in [6.45, 7) is 3.84. The Morgan fingerprint density at radius 3 is 1.04 bits per heavy atom. The number of allylic oxidation sites excluding steroid dienone is 1. The minimum Gasteiger partial charge on any atom is -0.394 e. The molecule has 1 aliphatic rings. The molecule has 1 fully saturated rings. The number of aliphatic hydroxyl groups is 5. The summed E-state index contributed by atoms with van der Waals surface area (Å²) in [4.78, 5) is 13.1. The number of carbonyl (C=O) groups is 1. The van der Waals surface area contributed by atoms with Gasteiger partial charge in [0.15, 0.2) is 6.29 Å². The SMILES string of the molecule is CCCCCCCCCCCCCCCCCCCCCCCCCCCCCCCC/C=C/C(O)C(COC1OC(CO)C(O)C(O)C1O)NC(=O)CCCCCCCCCCCCCCCCCCCCCC.